The van der Waals surface area contributed by atoms with Crippen LogP contribution in [0, 0.1) is 12.8 Å². The Morgan fingerprint density at radius 3 is 2.83 bits per heavy atom. The summed E-state index contributed by atoms with van der Waals surface area (Å²) in [6.07, 6.45) is -0.460. The average molecular weight is 329 g/mol. The smallest absolute Gasteiger partial charge is 0.312 e. The van der Waals surface area contributed by atoms with E-state index in [-0.39, 0.29) is 18.2 Å². The van der Waals surface area contributed by atoms with Crippen molar-refractivity contribution in [3.63, 3.8) is 0 Å². The lowest BCUT2D eigenvalue weighted by Crippen LogP contribution is -2.26. The van der Waals surface area contributed by atoms with Gasteiger partial charge in [0.15, 0.2) is 11.9 Å². The normalized spacial score (nSPS) is 18.7. The maximum Gasteiger partial charge on any atom is 0.312 e. The summed E-state index contributed by atoms with van der Waals surface area (Å²) in [7, 11) is 0. The molecule has 1 aromatic heterocycles. The molecule has 3 rings (SSSR count). The van der Waals surface area contributed by atoms with Gasteiger partial charge in [-0.25, -0.2) is 0 Å². The third kappa shape index (κ3) is 3.61. The fourth-order valence-electron chi connectivity index (χ4n) is 2.69. The van der Waals surface area contributed by atoms with Crippen molar-refractivity contribution < 1.29 is 18.8 Å². The number of amides is 1. The van der Waals surface area contributed by atoms with Crippen LogP contribution in [0.4, 0.5) is 0 Å². The predicted molar refractivity (Wildman–Crippen MR) is 83.5 cm³/mol. The Labute approximate surface area is 139 Å². The molecule has 2 atom stereocenters. The molecule has 0 saturated carbocycles. The van der Waals surface area contributed by atoms with Crippen molar-refractivity contribution in [1.29, 1.82) is 0 Å². The lowest BCUT2D eigenvalue weighted by molar-refractivity contribution is -0.154. The number of likely N-dealkylation sites (tertiary alicyclic amines) is 1. The van der Waals surface area contributed by atoms with E-state index in [2.05, 4.69) is 10.1 Å². The van der Waals surface area contributed by atoms with Crippen molar-refractivity contribution >= 4 is 11.9 Å². The van der Waals surface area contributed by atoms with Crippen LogP contribution >= 0.6 is 0 Å². The van der Waals surface area contributed by atoms with Crippen LogP contribution in [0.5, 0.6) is 0 Å². The molecule has 7 heteroatoms. The van der Waals surface area contributed by atoms with Crippen LogP contribution in [0.15, 0.2) is 34.9 Å². The summed E-state index contributed by atoms with van der Waals surface area (Å²) in [5.74, 6) is -0.179. The van der Waals surface area contributed by atoms with E-state index in [0.29, 0.717) is 18.9 Å². The SMILES string of the molecule is Cc1noc([C@@H](C)OC(=O)[C@@H]2CC(=O)N(Cc3ccccc3)C2)n1. The van der Waals surface area contributed by atoms with E-state index in [1.54, 1.807) is 18.7 Å². The van der Waals surface area contributed by atoms with Gasteiger partial charge in [0.05, 0.1) is 5.92 Å². The second-order valence-electron chi connectivity index (χ2n) is 5.92. The molecule has 0 N–H and O–H groups in total. The van der Waals surface area contributed by atoms with Gasteiger partial charge >= 0.3 is 5.97 Å². The Bertz CT molecular complexity index is 728. The van der Waals surface area contributed by atoms with Gasteiger partial charge in [-0.2, -0.15) is 4.98 Å². The summed E-state index contributed by atoms with van der Waals surface area (Å²) >= 11 is 0. The van der Waals surface area contributed by atoms with Gasteiger partial charge in [0.2, 0.25) is 5.91 Å². The Morgan fingerprint density at radius 1 is 1.42 bits per heavy atom. The molecule has 0 radical (unpaired) electrons. The van der Waals surface area contributed by atoms with Crippen molar-refractivity contribution in [2.24, 2.45) is 5.92 Å². The van der Waals surface area contributed by atoms with E-state index in [0.717, 1.165) is 5.56 Å². The topological polar surface area (TPSA) is 85.5 Å². The van der Waals surface area contributed by atoms with Crippen LogP contribution in [0.25, 0.3) is 0 Å². The third-order valence-corrected chi connectivity index (χ3v) is 3.95. The Kier molecular flexibility index (Phi) is 4.59. The van der Waals surface area contributed by atoms with E-state index in [4.69, 9.17) is 9.26 Å². The fourth-order valence-corrected chi connectivity index (χ4v) is 2.69. The molecule has 0 aliphatic carbocycles. The molecule has 1 aromatic carbocycles. The molecule has 0 spiro atoms. The number of rotatable bonds is 5. The quantitative estimate of drug-likeness (QED) is 0.780. The minimum absolute atomic E-state index is 0.0397. The van der Waals surface area contributed by atoms with Crippen LogP contribution < -0.4 is 0 Å². The highest BCUT2D eigenvalue weighted by Gasteiger charge is 2.36. The van der Waals surface area contributed by atoms with Gasteiger partial charge in [-0.15, -0.1) is 0 Å². The molecule has 1 aliphatic rings. The lowest BCUT2D eigenvalue weighted by Gasteiger charge is -2.17. The van der Waals surface area contributed by atoms with Crippen molar-refractivity contribution in [3.05, 3.63) is 47.6 Å². The summed E-state index contributed by atoms with van der Waals surface area (Å²) in [5.41, 5.74) is 1.04. The fraction of sp³-hybridized carbons (Fsp3) is 0.412. The number of hydrogen-bond donors (Lipinski definition) is 0. The minimum atomic E-state index is -0.628. The highest BCUT2D eigenvalue weighted by molar-refractivity contribution is 5.86. The van der Waals surface area contributed by atoms with E-state index in [1.807, 2.05) is 30.3 Å². The highest BCUT2D eigenvalue weighted by atomic mass is 16.6. The number of aryl methyl sites for hydroxylation is 1. The van der Waals surface area contributed by atoms with Crippen molar-refractivity contribution in [2.75, 3.05) is 6.54 Å². The summed E-state index contributed by atoms with van der Waals surface area (Å²) in [4.78, 5) is 30.1. The second-order valence-corrected chi connectivity index (χ2v) is 5.92. The number of ether oxygens (including phenoxy) is 1. The highest BCUT2D eigenvalue weighted by Crippen LogP contribution is 2.24. The summed E-state index contributed by atoms with van der Waals surface area (Å²) < 4.78 is 10.4. The summed E-state index contributed by atoms with van der Waals surface area (Å²) in [5, 5.41) is 3.67. The maximum absolute atomic E-state index is 12.3. The van der Waals surface area contributed by atoms with Gasteiger partial charge in [-0.1, -0.05) is 35.5 Å². The summed E-state index contributed by atoms with van der Waals surface area (Å²) in [6, 6.07) is 9.69. The first kappa shape index (κ1) is 16.2. The third-order valence-electron chi connectivity index (χ3n) is 3.95. The van der Waals surface area contributed by atoms with Crippen molar-refractivity contribution in [2.45, 2.75) is 32.9 Å². The number of aromatic nitrogens is 2. The monoisotopic (exact) mass is 329 g/mol. The maximum atomic E-state index is 12.3. The standard InChI is InChI=1S/C17H19N3O4/c1-11(16-18-12(2)19-24-16)23-17(22)14-8-15(21)20(10-14)9-13-6-4-3-5-7-13/h3-7,11,14H,8-10H2,1-2H3/t11-,14-/m1/s1. The largest absolute Gasteiger partial charge is 0.452 e. The van der Waals surface area contributed by atoms with Crippen LogP contribution in [0.3, 0.4) is 0 Å². The van der Waals surface area contributed by atoms with Gasteiger partial charge in [-0.3, -0.25) is 9.59 Å². The molecule has 1 amide bonds. The van der Waals surface area contributed by atoms with Crippen molar-refractivity contribution in [3.8, 4) is 0 Å². The zero-order chi connectivity index (χ0) is 17.1. The number of nitrogens with zero attached hydrogens (tertiary/aromatic N) is 3. The second kappa shape index (κ2) is 6.82. The molecule has 2 heterocycles. The zero-order valence-electron chi connectivity index (χ0n) is 13.6. The first-order valence-electron chi connectivity index (χ1n) is 7.85. The number of hydrogen-bond acceptors (Lipinski definition) is 6. The Hall–Kier alpha value is -2.70. The number of esters is 1. The predicted octanol–water partition coefficient (Wildman–Crippen LogP) is 2.03. The molecule has 0 unspecified atom stereocenters. The average Bonchev–Trinajstić information content (AvgIpc) is 3.15. The molecule has 0 bridgehead atoms. The minimum Gasteiger partial charge on any atom is -0.452 e. The van der Waals surface area contributed by atoms with Crippen LogP contribution in [-0.4, -0.2) is 33.5 Å². The number of carbonyl (C=O) groups excluding carboxylic acids is 2. The van der Waals surface area contributed by atoms with E-state index >= 15 is 0 Å². The number of benzene rings is 1. The first-order valence-corrected chi connectivity index (χ1v) is 7.85. The first-order chi connectivity index (χ1) is 11.5. The van der Waals surface area contributed by atoms with Gasteiger partial charge in [0.25, 0.3) is 5.89 Å². The molecule has 24 heavy (non-hydrogen) atoms. The van der Waals surface area contributed by atoms with E-state index < -0.39 is 18.0 Å². The molecule has 126 valence electrons. The molecule has 1 fully saturated rings. The van der Waals surface area contributed by atoms with Gasteiger partial charge in [0.1, 0.15) is 0 Å². The van der Waals surface area contributed by atoms with Crippen LogP contribution in [0.2, 0.25) is 0 Å². The summed E-state index contributed by atoms with van der Waals surface area (Å²) in [6.45, 7) is 4.23. The molecular weight excluding hydrogens is 310 g/mol. The Morgan fingerprint density at radius 2 is 2.17 bits per heavy atom. The van der Waals surface area contributed by atoms with Gasteiger partial charge < -0.3 is 14.2 Å². The van der Waals surface area contributed by atoms with Gasteiger partial charge in [-0.05, 0) is 19.4 Å². The Balaban J connectivity index is 1.57. The van der Waals surface area contributed by atoms with Crippen molar-refractivity contribution in [1.82, 2.24) is 15.0 Å². The van der Waals surface area contributed by atoms with Gasteiger partial charge in [0, 0.05) is 19.5 Å². The van der Waals surface area contributed by atoms with E-state index in [9.17, 15) is 9.59 Å². The van der Waals surface area contributed by atoms with Crippen LogP contribution in [0.1, 0.15) is 36.7 Å². The van der Waals surface area contributed by atoms with Crippen LogP contribution in [-0.2, 0) is 20.9 Å². The molecular formula is C17H19N3O4. The lowest BCUT2D eigenvalue weighted by atomic mass is 10.1. The molecule has 1 aliphatic heterocycles. The molecule has 7 nitrogen and oxygen atoms in total. The van der Waals surface area contributed by atoms with E-state index in [1.165, 1.54) is 0 Å². The zero-order valence-corrected chi connectivity index (χ0v) is 13.6. The molecule has 2 aromatic rings. The molecule has 1 saturated heterocycles. The number of carbonyl (C=O) groups is 2.